The predicted molar refractivity (Wildman–Crippen MR) is 60.0 cm³/mol. The molecule has 15 heavy (non-hydrogen) atoms. The van der Waals surface area contributed by atoms with Crippen molar-refractivity contribution in [2.24, 2.45) is 5.92 Å². The lowest BCUT2D eigenvalue weighted by Gasteiger charge is -2.40. The first kappa shape index (κ1) is 11.4. The lowest BCUT2D eigenvalue weighted by Crippen LogP contribution is -2.52. The van der Waals surface area contributed by atoms with E-state index in [1.165, 1.54) is 25.7 Å². The summed E-state index contributed by atoms with van der Waals surface area (Å²) in [6, 6.07) is 0.527. The summed E-state index contributed by atoms with van der Waals surface area (Å²) in [5, 5.41) is 3.64. The van der Waals surface area contributed by atoms with Crippen LogP contribution in [0.4, 0.5) is 0 Å². The van der Waals surface area contributed by atoms with Crippen molar-refractivity contribution in [1.29, 1.82) is 0 Å². The average molecular weight is 213 g/mol. The smallest absolute Gasteiger partial charge is 0.0964 e. The van der Waals surface area contributed by atoms with Crippen LogP contribution in [0.2, 0.25) is 0 Å². The van der Waals surface area contributed by atoms with E-state index in [1.807, 2.05) is 0 Å². The van der Waals surface area contributed by atoms with Crippen molar-refractivity contribution in [3.05, 3.63) is 0 Å². The molecule has 0 aromatic rings. The van der Waals surface area contributed by atoms with Crippen LogP contribution in [0.1, 0.15) is 32.6 Å². The van der Waals surface area contributed by atoms with Gasteiger partial charge in [-0.1, -0.05) is 13.3 Å². The Morgan fingerprint density at radius 3 is 2.73 bits per heavy atom. The first-order chi connectivity index (χ1) is 7.42. The third-order valence-corrected chi connectivity index (χ3v) is 3.53. The number of hydrogen-bond acceptors (Lipinski definition) is 3. The van der Waals surface area contributed by atoms with E-state index in [4.69, 9.17) is 9.47 Å². The highest BCUT2D eigenvalue weighted by Crippen LogP contribution is 2.32. The molecular formula is C12H23NO2. The zero-order valence-electron chi connectivity index (χ0n) is 9.71. The zero-order chi connectivity index (χ0) is 10.5. The van der Waals surface area contributed by atoms with E-state index < -0.39 is 0 Å². The molecule has 88 valence electrons. The van der Waals surface area contributed by atoms with Crippen LogP contribution in [0.15, 0.2) is 0 Å². The summed E-state index contributed by atoms with van der Waals surface area (Å²) in [5.41, 5.74) is 0. The normalized spacial score (nSPS) is 29.8. The highest BCUT2D eigenvalue weighted by Gasteiger charge is 2.34. The molecule has 0 aromatic carbocycles. The molecule has 1 aliphatic heterocycles. The Morgan fingerprint density at radius 2 is 2.20 bits per heavy atom. The average Bonchev–Trinajstić information content (AvgIpc) is 2.22. The molecule has 0 amide bonds. The van der Waals surface area contributed by atoms with Crippen LogP contribution < -0.4 is 5.32 Å². The maximum Gasteiger partial charge on any atom is 0.0964 e. The lowest BCUT2D eigenvalue weighted by molar-refractivity contribution is -0.113. The Morgan fingerprint density at radius 1 is 1.33 bits per heavy atom. The third-order valence-electron chi connectivity index (χ3n) is 3.53. The van der Waals surface area contributed by atoms with Crippen molar-refractivity contribution in [3.63, 3.8) is 0 Å². The molecule has 2 unspecified atom stereocenters. The molecule has 0 radical (unpaired) electrons. The fourth-order valence-corrected chi connectivity index (χ4v) is 2.42. The monoisotopic (exact) mass is 213 g/mol. The Balaban J connectivity index is 1.84. The van der Waals surface area contributed by atoms with E-state index in [1.54, 1.807) is 0 Å². The van der Waals surface area contributed by atoms with E-state index in [-0.39, 0.29) is 6.10 Å². The molecule has 2 atom stereocenters. The Labute approximate surface area is 92.5 Å². The molecule has 0 spiro atoms. The van der Waals surface area contributed by atoms with Gasteiger partial charge in [-0.3, -0.25) is 0 Å². The second-order valence-electron chi connectivity index (χ2n) is 4.66. The van der Waals surface area contributed by atoms with Gasteiger partial charge in [-0.25, -0.2) is 0 Å². The van der Waals surface area contributed by atoms with E-state index in [9.17, 15) is 0 Å². The SMILES string of the molecule is CCCNC(C1CCC1)C1COCCO1. The highest BCUT2D eigenvalue weighted by molar-refractivity contribution is 4.89. The van der Waals surface area contributed by atoms with Crippen LogP contribution in [0.5, 0.6) is 0 Å². The van der Waals surface area contributed by atoms with Crippen molar-refractivity contribution in [2.45, 2.75) is 44.8 Å². The Hall–Kier alpha value is -0.120. The summed E-state index contributed by atoms with van der Waals surface area (Å²) < 4.78 is 11.3. The van der Waals surface area contributed by atoms with Gasteiger partial charge < -0.3 is 14.8 Å². The predicted octanol–water partition coefficient (Wildman–Crippen LogP) is 1.57. The molecule has 1 saturated carbocycles. The largest absolute Gasteiger partial charge is 0.376 e. The molecule has 1 aliphatic carbocycles. The van der Waals surface area contributed by atoms with Gasteiger partial charge in [0.15, 0.2) is 0 Å². The molecule has 3 nitrogen and oxygen atoms in total. The van der Waals surface area contributed by atoms with Gasteiger partial charge in [-0.05, 0) is 31.7 Å². The van der Waals surface area contributed by atoms with Crippen LogP contribution in [0, 0.1) is 5.92 Å². The third kappa shape index (κ3) is 2.92. The van der Waals surface area contributed by atoms with E-state index in [2.05, 4.69) is 12.2 Å². The molecule has 2 fully saturated rings. The fourth-order valence-electron chi connectivity index (χ4n) is 2.42. The quantitative estimate of drug-likeness (QED) is 0.752. The molecule has 1 saturated heterocycles. The van der Waals surface area contributed by atoms with Crippen molar-refractivity contribution >= 4 is 0 Å². The van der Waals surface area contributed by atoms with Crippen LogP contribution in [0.25, 0.3) is 0 Å². The van der Waals surface area contributed by atoms with E-state index >= 15 is 0 Å². The summed E-state index contributed by atoms with van der Waals surface area (Å²) in [6.07, 6.45) is 5.59. The molecule has 0 aromatic heterocycles. The van der Waals surface area contributed by atoms with Gasteiger partial charge in [-0.15, -0.1) is 0 Å². The van der Waals surface area contributed by atoms with E-state index in [0.29, 0.717) is 6.04 Å². The first-order valence-corrected chi connectivity index (χ1v) is 6.34. The van der Waals surface area contributed by atoms with Gasteiger partial charge in [0, 0.05) is 6.04 Å². The van der Waals surface area contributed by atoms with Gasteiger partial charge in [0.1, 0.15) is 0 Å². The molecule has 3 heteroatoms. The van der Waals surface area contributed by atoms with Gasteiger partial charge in [0.05, 0.1) is 25.9 Å². The number of hydrogen-bond donors (Lipinski definition) is 1. The maximum atomic E-state index is 5.81. The van der Waals surface area contributed by atoms with E-state index in [0.717, 1.165) is 32.3 Å². The molecule has 2 aliphatic rings. The molecule has 1 N–H and O–H groups in total. The van der Waals surface area contributed by atoms with Crippen LogP contribution >= 0.6 is 0 Å². The number of rotatable bonds is 5. The van der Waals surface area contributed by atoms with Crippen molar-refractivity contribution in [2.75, 3.05) is 26.4 Å². The summed E-state index contributed by atoms with van der Waals surface area (Å²) >= 11 is 0. The number of ether oxygens (including phenoxy) is 2. The standard InChI is InChI=1S/C12H23NO2/c1-2-6-13-12(10-4-3-5-10)11-9-14-7-8-15-11/h10-13H,2-9H2,1H3. The van der Waals surface area contributed by atoms with Gasteiger partial charge in [-0.2, -0.15) is 0 Å². The lowest BCUT2D eigenvalue weighted by atomic mass is 9.77. The maximum absolute atomic E-state index is 5.81. The Kier molecular flexibility index (Phi) is 4.42. The summed E-state index contributed by atoms with van der Waals surface area (Å²) in [6.45, 7) is 5.62. The molecular weight excluding hydrogens is 190 g/mol. The van der Waals surface area contributed by atoms with Crippen LogP contribution in [-0.2, 0) is 9.47 Å². The second-order valence-corrected chi connectivity index (χ2v) is 4.66. The highest BCUT2D eigenvalue weighted by atomic mass is 16.6. The zero-order valence-corrected chi connectivity index (χ0v) is 9.71. The van der Waals surface area contributed by atoms with Crippen molar-refractivity contribution in [1.82, 2.24) is 5.32 Å². The molecule has 0 bridgehead atoms. The molecule has 2 rings (SSSR count). The summed E-state index contributed by atoms with van der Waals surface area (Å²) in [7, 11) is 0. The topological polar surface area (TPSA) is 30.5 Å². The second kappa shape index (κ2) is 5.83. The van der Waals surface area contributed by atoms with Crippen molar-refractivity contribution in [3.8, 4) is 0 Å². The summed E-state index contributed by atoms with van der Waals surface area (Å²) in [4.78, 5) is 0. The van der Waals surface area contributed by atoms with Crippen LogP contribution in [-0.4, -0.2) is 38.5 Å². The van der Waals surface area contributed by atoms with Gasteiger partial charge in [0.2, 0.25) is 0 Å². The minimum Gasteiger partial charge on any atom is -0.376 e. The van der Waals surface area contributed by atoms with Gasteiger partial charge >= 0.3 is 0 Å². The first-order valence-electron chi connectivity index (χ1n) is 6.34. The van der Waals surface area contributed by atoms with Crippen molar-refractivity contribution < 1.29 is 9.47 Å². The fraction of sp³-hybridized carbons (Fsp3) is 1.00. The molecule has 1 heterocycles. The van der Waals surface area contributed by atoms with Gasteiger partial charge in [0.25, 0.3) is 0 Å². The van der Waals surface area contributed by atoms with Crippen LogP contribution in [0.3, 0.4) is 0 Å². The minimum absolute atomic E-state index is 0.288. The minimum atomic E-state index is 0.288. The number of nitrogens with one attached hydrogen (secondary N) is 1. The Bertz CT molecular complexity index is 176. The summed E-state index contributed by atoms with van der Waals surface area (Å²) in [5.74, 6) is 0.822.